The van der Waals surface area contributed by atoms with E-state index in [1.165, 1.54) is 16.8 Å². The van der Waals surface area contributed by atoms with Crippen LogP contribution < -0.4 is 5.73 Å². The summed E-state index contributed by atoms with van der Waals surface area (Å²) in [6, 6.07) is 8.49. The standard InChI is InChI=1S/C16H20BrN3/c1-16(2)7-14(18)13-9-19-20(15(13)8-16)10-11-4-3-5-12(17)6-11/h3-6,9,14H,7-8,10,18H2,1-2H3. The first kappa shape index (κ1) is 13.8. The third-order valence-corrected chi connectivity index (χ3v) is 4.51. The molecule has 0 saturated carbocycles. The Hall–Kier alpha value is -1.13. The molecule has 1 unspecified atom stereocenters. The minimum Gasteiger partial charge on any atom is -0.324 e. The van der Waals surface area contributed by atoms with E-state index >= 15 is 0 Å². The molecule has 0 aliphatic heterocycles. The van der Waals surface area contributed by atoms with Gasteiger partial charge in [0.2, 0.25) is 0 Å². The number of nitrogens with zero attached hydrogens (tertiary/aromatic N) is 2. The van der Waals surface area contributed by atoms with E-state index in [4.69, 9.17) is 5.73 Å². The zero-order valence-corrected chi connectivity index (χ0v) is 13.5. The third-order valence-electron chi connectivity index (χ3n) is 4.02. The average Bonchev–Trinajstić information content (AvgIpc) is 2.71. The molecule has 1 heterocycles. The molecule has 1 aliphatic rings. The van der Waals surface area contributed by atoms with E-state index in [9.17, 15) is 0 Å². The lowest BCUT2D eigenvalue weighted by Crippen LogP contribution is -2.30. The fourth-order valence-electron chi connectivity index (χ4n) is 3.10. The van der Waals surface area contributed by atoms with Gasteiger partial charge in [0.15, 0.2) is 0 Å². The van der Waals surface area contributed by atoms with Gasteiger partial charge < -0.3 is 5.73 Å². The van der Waals surface area contributed by atoms with Crippen LogP contribution in [0.2, 0.25) is 0 Å². The smallest absolute Gasteiger partial charge is 0.0663 e. The Morgan fingerprint density at radius 3 is 3.00 bits per heavy atom. The van der Waals surface area contributed by atoms with Crippen LogP contribution in [0, 0.1) is 5.41 Å². The molecule has 1 atom stereocenters. The molecule has 1 aromatic heterocycles. The van der Waals surface area contributed by atoms with Gasteiger partial charge in [-0.3, -0.25) is 4.68 Å². The van der Waals surface area contributed by atoms with Crippen LogP contribution in [0.3, 0.4) is 0 Å². The molecule has 3 rings (SSSR count). The van der Waals surface area contributed by atoms with Crippen LogP contribution in [0.1, 0.15) is 43.1 Å². The molecule has 0 amide bonds. The Bertz CT molecular complexity index is 630. The minimum atomic E-state index is 0.116. The summed E-state index contributed by atoms with van der Waals surface area (Å²) in [5.74, 6) is 0. The molecule has 20 heavy (non-hydrogen) atoms. The topological polar surface area (TPSA) is 43.8 Å². The molecule has 0 saturated heterocycles. The number of nitrogens with two attached hydrogens (primary N) is 1. The van der Waals surface area contributed by atoms with Crippen LogP contribution in [0.5, 0.6) is 0 Å². The summed E-state index contributed by atoms with van der Waals surface area (Å²) in [7, 11) is 0. The van der Waals surface area contributed by atoms with Crippen molar-refractivity contribution in [3.63, 3.8) is 0 Å². The summed E-state index contributed by atoms with van der Waals surface area (Å²) in [6.07, 6.45) is 4.03. The first-order valence-corrected chi connectivity index (χ1v) is 7.78. The molecule has 2 aromatic rings. The second kappa shape index (κ2) is 5.01. The Kier molecular flexibility index (Phi) is 3.46. The second-order valence-corrected chi connectivity index (χ2v) is 7.40. The Balaban J connectivity index is 1.93. The summed E-state index contributed by atoms with van der Waals surface area (Å²) in [6.45, 7) is 5.37. The summed E-state index contributed by atoms with van der Waals surface area (Å²) in [5, 5.41) is 4.56. The highest BCUT2D eigenvalue weighted by molar-refractivity contribution is 9.10. The molecule has 1 aliphatic carbocycles. The van der Waals surface area contributed by atoms with E-state index in [-0.39, 0.29) is 11.5 Å². The van der Waals surface area contributed by atoms with Gasteiger partial charge in [-0.2, -0.15) is 5.10 Å². The number of hydrogen-bond acceptors (Lipinski definition) is 2. The highest BCUT2D eigenvalue weighted by atomic mass is 79.9. The Labute approximate surface area is 128 Å². The van der Waals surface area contributed by atoms with Crippen LogP contribution in [0.15, 0.2) is 34.9 Å². The zero-order valence-electron chi connectivity index (χ0n) is 11.9. The molecule has 2 N–H and O–H groups in total. The van der Waals surface area contributed by atoms with Crippen LogP contribution in [-0.2, 0) is 13.0 Å². The van der Waals surface area contributed by atoms with Gasteiger partial charge in [-0.1, -0.05) is 41.9 Å². The van der Waals surface area contributed by atoms with Crippen LogP contribution in [0.4, 0.5) is 0 Å². The predicted octanol–water partition coefficient (Wildman–Crippen LogP) is 3.67. The maximum Gasteiger partial charge on any atom is 0.0663 e. The van der Waals surface area contributed by atoms with Crippen molar-refractivity contribution in [2.45, 2.75) is 39.3 Å². The lowest BCUT2D eigenvalue weighted by Gasteiger charge is -2.33. The van der Waals surface area contributed by atoms with Gasteiger partial charge in [0, 0.05) is 21.8 Å². The van der Waals surface area contributed by atoms with Gasteiger partial charge in [0.1, 0.15) is 0 Å². The Morgan fingerprint density at radius 2 is 2.25 bits per heavy atom. The van der Waals surface area contributed by atoms with Gasteiger partial charge in [0.05, 0.1) is 12.7 Å². The monoisotopic (exact) mass is 333 g/mol. The first-order chi connectivity index (χ1) is 9.44. The molecule has 1 aromatic carbocycles. The highest BCUT2D eigenvalue weighted by Gasteiger charge is 2.33. The lowest BCUT2D eigenvalue weighted by atomic mass is 9.75. The molecule has 4 heteroatoms. The fraction of sp³-hybridized carbons (Fsp3) is 0.438. The normalized spacial score (nSPS) is 20.7. The van der Waals surface area contributed by atoms with E-state index in [0.29, 0.717) is 0 Å². The van der Waals surface area contributed by atoms with Crippen LogP contribution >= 0.6 is 15.9 Å². The molecular weight excluding hydrogens is 314 g/mol. The number of benzene rings is 1. The summed E-state index contributed by atoms with van der Waals surface area (Å²) < 4.78 is 3.21. The van der Waals surface area contributed by atoms with Crippen molar-refractivity contribution in [3.05, 3.63) is 51.8 Å². The maximum absolute atomic E-state index is 6.29. The van der Waals surface area contributed by atoms with Gasteiger partial charge in [0.25, 0.3) is 0 Å². The molecule has 106 valence electrons. The van der Waals surface area contributed by atoms with Crippen molar-refractivity contribution >= 4 is 15.9 Å². The van der Waals surface area contributed by atoms with Gasteiger partial charge >= 0.3 is 0 Å². The SMILES string of the molecule is CC1(C)Cc2c(cnn2Cc2cccc(Br)c2)C(N)C1. The van der Waals surface area contributed by atoms with Crippen molar-refractivity contribution in [2.24, 2.45) is 11.1 Å². The summed E-state index contributed by atoms with van der Waals surface area (Å²) >= 11 is 3.52. The number of aromatic nitrogens is 2. The summed E-state index contributed by atoms with van der Waals surface area (Å²) in [5.41, 5.74) is 10.3. The van der Waals surface area contributed by atoms with Crippen LogP contribution in [0.25, 0.3) is 0 Å². The van der Waals surface area contributed by atoms with Crippen molar-refractivity contribution in [3.8, 4) is 0 Å². The molecule has 0 spiro atoms. The Morgan fingerprint density at radius 1 is 1.45 bits per heavy atom. The average molecular weight is 334 g/mol. The third kappa shape index (κ3) is 2.67. The quantitative estimate of drug-likeness (QED) is 0.911. The minimum absolute atomic E-state index is 0.116. The maximum atomic E-state index is 6.29. The van der Waals surface area contributed by atoms with Crippen molar-refractivity contribution in [1.82, 2.24) is 9.78 Å². The fourth-order valence-corrected chi connectivity index (χ4v) is 3.55. The van der Waals surface area contributed by atoms with E-state index in [0.717, 1.165) is 23.9 Å². The molecule has 0 bridgehead atoms. The van der Waals surface area contributed by atoms with E-state index < -0.39 is 0 Å². The van der Waals surface area contributed by atoms with Crippen molar-refractivity contribution < 1.29 is 0 Å². The van der Waals surface area contributed by atoms with E-state index in [2.05, 4.69) is 57.8 Å². The number of hydrogen-bond donors (Lipinski definition) is 1. The molecular formula is C16H20BrN3. The number of fused-ring (bicyclic) bond motifs is 1. The molecule has 0 radical (unpaired) electrons. The molecule has 0 fully saturated rings. The van der Waals surface area contributed by atoms with E-state index in [1.54, 1.807) is 0 Å². The predicted molar refractivity (Wildman–Crippen MR) is 84.5 cm³/mol. The highest BCUT2D eigenvalue weighted by Crippen LogP contribution is 2.39. The first-order valence-electron chi connectivity index (χ1n) is 6.99. The van der Waals surface area contributed by atoms with Crippen LogP contribution in [-0.4, -0.2) is 9.78 Å². The summed E-state index contributed by atoms with van der Waals surface area (Å²) in [4.78, 5) is 0. The van der Waals surface area contributed by atoms with Gasteiger partial charge in [-0.25, -0.2) is 0 Å². The second-order valence-electron chi connectivity index (χ2n) is 6.49. The zero-order chi connectivity index (χ0) is 14.3. The number of halogens is 1. The van der Waals surface area contributed by atoms with Crippen molar-refractivity contribution in [1.29, 1.82) is 0 Å². The number of rotatable bonds is 2. The van der Waals surface area contributed by atoms with Gasteiger partial charge in [-0.05, 0) is 36.0 Å². The molecule has 3 nitrogen and oxygen atoms in total. The largest absolute Gasteiger partial charge is 0.324 e. The lowest BCUT2D eigenvalue weighted by molar-refractivity contribution is 0.275. The van der Waals surface area contributed by atoms with E-state index in [1.807, 2.05) is 12.3 Å². The van der Waals surface area contributed by atoms with Gasteiger partial charge in [-0.15, -0.1) is 0 Å². The van der Waals surface area contributed by atoms with Crippen molar-refractivity contribution in [2.75, 3.05) is 0 Å².